The molecule has 0 saturated heterocycles. The molecule has 0 amide bonds. The van der Waals surface area contributed by atoms with Crippen LogP contribution in [0.3, 0.4) is 0 Å². The highest BCUT2D eigenvalue weighted by Gasteiger charge is 2.11. The molecule has 0 radical (unpaired) electrons. The molecule has 0 spiro atoms. The summed E-state index contributed by atoms with van der Waals surface area (Å²) in [4.78, 5) is 20.6. The SMILES string of the molecule is COCCOCCOCCOCCOC(=O)C(=O)O. The van der Waals surface area contributed by atoms with E-state index in [1.807, 2.05) is 0 Å². The highest BCUT2D eigenvalue weighted by molar-refractivity contribution is 6.28. The number of carbonyl (C=O) groups is 2. The van der Waals surface area contributed by atoms with Gasteiger partial charge in [0.1, 0.15) is 6.61 Å². The quantitative estimate of drug-likeness (QED) is 0.285. The van der Waals surface area contributed by atoms with Crippen molar-refractivity contribution >= 4 is 11.9 Å². The molecule has 0 rings (SSSR count). The molecule has 0 bridgehead atoms. The first-order chi connectivity index (χ1) is 9.18. The number of methoxy groups -OCH3 is 1. The molecule has 8 nitrogen and oxygen atoms in total. The van der Waals surface area contributed by atoms with E-state index in [1.54, 1.807) is 7.11 Å². The van der Waals surface area contributed by atoms with E-state index in [1.165, 1.54) is 0 Å². The van der Waals surface area contributed by atoms with Crippen molar-refractivity contribution in [2.75, 3.05) is 60.0 Å². The van der Waals surface area contributed by atoms with Crippen molar-refractivity contribution in [1.29, 1.82) is 0 Å². The largest absolute Gasteiger partial charge is 0.473 e. The molecule has 8 heteroatoms. The summed E-state index contributed by atoms with van der Waals surface area (Å²) in [6, 6.07) is 0. The second-order valence-electron chi connectivity index (χ2n) is 3.27. The molecule has 0 saturated carbocycles. The lowest BCUT2D eigenvalue weighted by atomic mass is 10.6. The van der Waals surface area contributed by atoms with Crippen molar-refractivity contribution in [3.05, 3.63) is 0 Å². The molecule has 112 valence electrons. The Morgan fingerprint density at radius 2 is 1.21 bits per heavy atom. The van der Waals surface area contributed by atoms with Gasteiger partial charge in [-0.1, -0.05) is 0 Å². The Labute approximate surface area is 111 Å². The molecule has 0 unspecified atom stereocenters. The van der Waals surface area contributed by atoms with Crippen molar-refractivity contribution in [2.24, 2.45) is 0 Å². The first-order valence-electron chi connectivity index (χ1n) is 5.80. The third-order valence-corrected chi connectivity index (χ3v) is 1.81. The number of hydrogen-bond donors (Lipinski definition) is 1. The van der Waals surface area contributed by atoms with Crippen molar-refractivity contribution in [1.82, 2.24) is 0 Å². The zero-order valence-electron chi connectivity index (χ0n) is 11.0. The summed E-state index contributed by atoms with van der Waals surface area (Å²) in [6.07, 6.45) is 0. The van der Waals surface area contributed by atoms with Crippen molar-refractivity contribution in [3.8, 4) is 0 Å². The Bertz CT molecular complexity index is 243. The highest BCUT2D eigenvalue weighted by Crippen LogP contribution is 1.84. The predicted molar refractivity (Wildman–Crippen MR) is 62.9 cm³/mol. The van der Waals surface area contributed by atoms with Gasteiger partial charge in [-0.15, -0.1) is 0 Å². The minimum atomic E-state index is -1.61. The van der Waals surface area contributed by atoms with Crippen LogP contribution in [0.15, 0.2) is 0 Å². The molecule has 19 heavy (non-hydrogen) atoms. The van der Waals surface area contributed by atoms with Gasteiger partial charge in [-0.05, 0) is 0 Å². The van der Waals surface area contributed by atoms with Crippen LogP contribution in [0, 0.1) is 0 Å². The Kier molecular flexibility index (Phi) is 12.4. The Hall–Kier alpha value is -1.22. The minimum Gasteiger partial charge on any atom is -0.473 e. The minimum absolute atomic E-state index is 0.0920. The molecule has 0 atom stereocenters. The first-order valence-corrected chi connectivity index (χ1v) is 5.80. The van der Waals surface area contributed by atoms with Gasteiger partial charge in [-0.3, -0.25) is 0 Å². The summed E-state index contributed by atoms with van der Waals surface area (Å²) in [5.41, 5.74) is 0. The topological polar surface area (TPSA) is 101 Å². The maximum atomic E-state index is 10.5. The van der Waals surface area contributed by atoms with Gasteiger partial charge in [0.25, 0.3) is 0 Å². The molecule has 0 aliphatic rings. The zero-order chi connectivity index (χ0) is 14.3. The molecule has 1 N–H and O–H groups in total. The lowest BCUT2D eigenvalue weighted by Gasteiger charge is -2.06. The summed E-state index contributed by atoms with van der Waals surface area (Å²) < 4.78 is 24.6. The summed E-state index contributed by atoms with van der Waals surface area (Å²) in [5.74, 6) is -2.90. The van der Waals surface area contributed by atoms with E-state index in [-0.39, 0.29) is 13.2 Å². The number of carboxylic acids is 1. The van der Waals surface area contributed by atoms with Gasteiger partial charge in [-0.25, -0.2) is 9.59 Å². The summed E-state index contributed by atoms with van der Waals surface area (Å²) in [5, 5.41) is 8.20. The zero-order valence-corrected chi connectivity index (χ0v) is 11.0. The third-order valence-electron chi connectivity index (χ3n) is 1.81. The molecular formula is C11H20O8. The van der Waals surface area contributed by atoms with Crippen LogP contribution >= 0.6 is 0 Å². The summed E-state index contributed by atoms with van der Waals surface area (Å²) in [7, 11) is 1.60. The third kappa shape index (κ3) is 13.0. The Balaban J connectivity index is 3.07. The second-order valence-corrected chi connectivity index (χ2v) is 3.27. The average molecular weight is 280 g/mol. The van der Waals surface area contributed by atoms with Crippen LogP contribution < -0.4 is 0 Å². The van der Waals surface area contributed by atoms with Crippen LogP contribution in [0.5, 0.6) is 0 Å². The van der Waals surface area contributed by atoms with E-state index in [9.17, 15) is 9.59 Å². The number of esters is 1. The van der Waals surface area contributed by atoms with Gasteiger partial charge < -0.3 is 28.8 Å². The van der Waals surface area contributed by atoms with Crippen LogP contribution in [0.4, 0.5) is 0 Å². The maximum absolute atomic E-state index is 10.5. The molecule has 0 aromatic carbocycles. The predicted octanol–water partition coefficient (Wildman–Crippen LogP) is -0.690. The van der Waals surface area contributed by atoms with Crippen molar-refractivity contribution < 1.29 is 38.4 Å². The van der Waals surface area contributed by atoms with E-state index in [4.69, 9.17) is 24.1 Å². The summed E-state index contributed by atoms with van der Waals surface area (Å²) >= 11 is 0. The normalized spacial score (nSPS) is 10.4. The highest BCUT2D eigenvalue weighted by atomic mass is 16.6. The van der Waals surface area contributed by atoms with E-state index < -0.39 is 11.9 Å². The van der Waals surface area contributed by atoms with Crippen molar-refractivity contribution in [3.63, 3.8) is 0 Å². The fourth-order valence-electron chi connectivity index (χ4n) is 0.939. The van der Waals surface area contributed by atoms with Gasteiger partial charge in [-0.2, -0.15) is 0 Å². The average Bonchev–Trinajstić information content (AvgIpc) is 2.39. The number of ether oxygens (including phenoxy) is 5. The maximum Gasteiger partial charge on any atom is 0.417 e. The van der Waals surface area contributed by atoms with Crippen molar-refractivity contribution in [2.45, 2.75) is 0 Å². The summed E-state index contributed by atoms with van der Waals surface area (Å²) in [6.45, 7) is 2.80. The lowest BCUT2D eigenvalue weighted by Crippen LogP contribution is -2.19. The first kappa shape index (κ1) is 17.8. The van der Waals surface area contributed by atoms with E-state index in [2.05, 4.69) is 4.74 Å². The fraction of sp³-hybridized carbons (Fsp3) is 0.818. The number of carboxylic acid groups (broad SMARTS) is 1. The van der Waals surface area contributed by atoms with E-state index in [0.29, 0.717) is 39.6 Å². The monoisotopic (exact) mass is 280 g/mol. The molecule has 0 aliphatic heterocycles. The molecular weight excluding hydrogens is 260 g/mol. The number of hydrogen-bond acceptors (Lipinski definition) is 7. The van der Waals surface area contributed by atoms with Gasteiger partial charge in [0, 0.05) is 7.11 Å². The van der Waals surface area contributed by atoms with Gasteiger partial charge in [0.15, 0.2) is 0 Å². The second kappa shape index (κ2) is 13.2. The lowest BCUT2D eigenvalue weighted by molar-refractivity contribution is -0.164. The van der Waals surface area contributed by atoms with Crippen LogP contribution in [0.2, 0.25) is 0 Å². The van der Waals surface area contributed by atoms with E-state index in [0.717, 1.165) is 0 Å². The molecule has 0 heterocycles. The van der Waals surface area contributed by atoms with Gasteiger partial charge in [0.2, 0.25) is 0 Å². The number of carbonyl (C=O) groups excluding carboxylic acids is 1. The van der Waals surface area contributed by atoms with Crippen LogP contribution in [0.25, 0.3) is 0 Å². The molecule has 0 aromatic rings. The Morgan fingerprint density at radius 1 is 0.789 bits per heavy atom. The molecule has 0 fully saturated rings. The standard InChI is InChI=1S/C11H20O8/c1-15-2-3-16-4-5-17-6-7-18-8-9-19-11(14)10(12)13/h2-9H2,1H3,(H,12,13). The number of aliphatic carboxylic acids is 1. The van der Waals surface area contributed by atoms with Crippen LogP contribution in [-0.2, 0) is 33.3 Å². The van der Waals surface area contributed by atoms with Gasteiger partial charge >= 0.3 is 11.9 Å². The van der Waals surface area contributed by atoms with Crippen LogP contribution in [0.1, 0.15) is 0 Å². The molecule has 0 aliphatic carbocycles. The van der Waals surface area contributed by atoms with Crippen LogP contribution in [-0.4, -0.2) is 77.0 Å². The number of rotatable bonds is 12. The Morgan fingerprint density at radius 3 is 1.63 bits per heavy atom. The molecule has 0 aromatic heterocycles. The van der Waals surface area contributed by atoms with Gasteiger partial charge in [0.05, 0.1) is 46.2 Å². The smallest absolute Gasteiger partial charge is 0.417 e. The fourth-order valence-corrected chi connectivity index (χ4v) is 0.939. The van der Waals surface area contributed by atoms with E-state index >= 15 is 0 Å².